The molecule has 0 rings (SSSR count). The van der Waals surface area contributed by atoms with Gasteiger partial charge in [0.2, 0.25) is 0 Å². The van der Waals surface area contributed by atoms with Crippen LogP contribution in [-0.4, -0.2) is 22.9 Å². The normalized spacial score (nSPS) is 9.64. The monoisotopic (exact) mass is 190 g/mol. The van der Waals surface area contributed by atoms with Gasteiger partial charge in [0.15, 0.2) is 0 Å². The van der Waals surface area contributed by atoms with Crippen LogP contribution in [0.3, 0.4) is 0 Å². The predicted molar refractivity (Wildman–Crippen MR) is 55.9 cm³/mol. The molecule has 0 heterocycles. The molecule has 0 bridgehead atoms. The van der Waals surface area contributed by atoms with Gasteiger partial charge >= 0.3 is 0 Å². The molecule has 0 fully saturated rings. The van der Waals surface area contributed by atoms with Crippen LogP contribution in [-0.2, 0) is 0 Å². The van der Waals surface area contributed by atoms with E-state index in [1.54, 1.807) is 6.92 Å². The van der Waals surface area contributed by atoms with Crippen LogP contribution in [0.2, 0.25) is 0 Å². The average Bonchev–Trinajstić information content (AvgIpc) is 2.15. The van der Waals surface area contributed by atoms with Crippen LogP contribution in [0.1, 0.15) is 26.2 Å². The summed E-state index contributed by atoms with van der Waals surface area (Å²) in [5.41, 5.74) is 0. The molecule has 1 unspecified atom stereocenters. The summed E-state index contributed by atoms with van der Waals surface area (Å²) in [6.07, 6.45) is 1.79. The van der Waals surface area contributed by atoms with Crippen molar-refractivity contribution in [2.24, 2.45) is 0 Å². The molecule has 1 atom stereocenters. The van der Waals surface area contributed by atoms with E-state index in [9.17, 15) is 0 Å². The highest BCUT2D eigenvalue weighted by Crippen LogP contribution is 1.90. The Bertz CT molecular complexity index is 309. The number of hydrogen-bond donors (Lipinski definition) is 2. The smallest absolute Gasteiger partial charge is 0.112 e. The van der Waals surface area contributed by atoms with Crippen LogP contribution in [0.5, 0.6) is 0 Å². The van der Waals surface area contributed by atoms with Crippen LogP contribution in [0.4, 0.5) is 0 Å². The van der Waals surface area contributed by atoms with E-state index >= 15 is 0 Å². The summed E-state index contributed by atoms with van der Waals surface area (Å²) in [6.45, 7) is 1.79. The van der Waals surface area contributed by atoms with Crippen molar-refractivity contribution in [1.82, 2.24) is 0 Å². The Hall–Kier alpha value is -1.40. The standard InChI is InChI=1S/C12H14O2/c1-12(14)10-8-6-4-2-3-5-7-9-11-13/h12-14H,5,7,9,11H2,1H3. The van der Waals surface area contributed by atoms with Crippen molar-refractivity contribution < 1.29 is 10.2 Å². The minimum atomic E-state index is -0.637. The molecule has 0 spiro atoms. The molecule has 0 aliphatic heterocycles. The molecule has 14 heavy (non-hydrogen) atoms. The molecule has 0 aromatic rings. The Balaban J connectivity index is 3.65. The molecule has 0 saturated carbocycles. The number of aliphatic hydroxyl groups is 2. The minimum absolute atomic E-state index is 0.215. The summed E-state index contributed by atoms with van der Waals surface area (Å²) in [4.78, 5) is 0. The van der Waals surface area contributed by atoms with Crippen molar-refractivity contribution in [3.8, 4) is 35.5 Å². The van der Waals surface area contributed by atoms with E-state index in [1.165, 1.54) is 0 Å². The van der Waals surface area contributed by atoms with Crippen LogP contribution in [0.25, 0.3) is 0 Å². The Morgan fingerprint density at radius 3 is 2.43 bits per heavy atom. The summed E-state index contributed by atoms with van der Waals surface area (Å²) in [5, 5.41) is 17.2. The highest BCUT2D eigenvalue weighted by Gasteiger charge is 1.80. The van der Waals surface area contributed by atoms with Crippen molar-refractivity contribution in [2.45, 2.75) is 32.3 Å². The van der Waals surface area contributed by atoms with Gasteiger partial charge in [-0.15, -0.1) is 0 Å². The maximum atomic E-state index is 8.75. The molecule has 2 heteroatoms. The molecule has 0 saturated heterocycles. The quantitative estimate of drug-likeness (QED) is 0.503. The summed E-state index contributed by atoms with van der Waals surface area (Å²) in [5.74, 6) is 15.5. The van der Waals surface area contributed by atoms with Crippen molar-refractivity contribution in [2.75, 3.05) is 6.61 Å². The maximum Gasteiger partial charge on any atom is 0.112 e. The van der Waals surface area contributed by atoms with Crippen molar-refractivity contribution in [1.29, 1.82) is 0 Å². The molecular formula is C12H14O2. The number of hydrogen-bond acceptors (Lipinski definition) is 2. The second-order valence-corrected chi connectivity index (χ2v) is 2.68. The van der Waals surface area contributed by atoms with Gasteiger partial charge in [-0.1, -0.05) is 11.8 Å². The fourth-order valence-corrected chi connectivity index (χ4v) is 0.635. The SMILES string of the molecule is CC(O)C#CC#CC#CCCCCO. The minimum Gasteiger partial charge on any atom is -0.396 e. The molecule has 74 valence electrons. The lowest BCUT2D eigenvalue weighted by Gasteiger charge is -1.86. The molecular weight excluding hydrogens is 176 g/mol. The lowest BCUT2D eigenvalue weighted by molar-refractivity contribution is 0.253. The third kappa shape index (κ3) is 10.6. The molecule has 2 N–H and O–H groups in total. The van der Waals surface area contributed by atoms with E-state index in [0.717, 1.165) is 19.3 Å². The third-order valence-corrected chi connectivity index (χ3v) is 1.27. The first-order chi connectivity index (χ1) is 6.77. The summed E-state index contributed by atoms with van der Waals surface area (Å²) in [6, 6.07) is 0. The van der Waals surface area contributed by atoms with Crippen molar-refractivity contribution in [3.63, 3.8) is 0 Å². The topological polar surface area (TPSA) is 40.5 Å². The third-order valence-electron chi connectivity index (χ3n) is 1.27. The number of rotatable bonds is 3. The molecule has 0 amide bonds. The lowest BCUT2D eigenvalue weighted by atomic mass is 10.2. The van der Waals surface area contributed by atoms with Crippen molar-refractivity contribution in [3.05, 3.63) is 0 Å². The number of unbranched alkanes of at least 4 members (excludes halogenated alkanes) is 2. The Kier molecular flexibility index (Phi) is 8.72. The molecule has 0 aromatic heterocycles. The average molecular weight is 190 g/mol. The summed E-state index contributed by atoms with van der Waals surface area (Å²) in [7, 11) is 0. The second-order valence-electron chi connectivity index (χ2n) is 2.68. The zero-order chi connectivity index (χ0) is 10.6. The lowest BCUT2D eigenvalue weighted by Crippen LogP contribution is -1.91. The maximum absolute atomic E-state index is 8.75. The van der Waals surface area contributed by atoms with Crippen LogP contribution >= 0.6 is 0 Å². The van der Waals surface area contributed by atoms with Gasteiger partial charge < -0.3 is 10.2 Å². The molecule has 0 radical (unpaired) electrons. The zero-order valence-corrected chi connectivity index (χ0v) is 8.30. The fraction of sp³-hybridized carbons (Fsp3) is 0.500. The fourth-order valence-electron chi connectivity index (χ4n) is 0.635. The van der Waals surface area contributed by atoms with Gasteiger partial charge in [0, 0.05) is 13.0 Å². The molecule has 0 aliphatic carbocycles. The largest absolute Gasteiger partial charge is 0.396 e. The first-order valence-electron chi connectivity index (χ1n) is 4.54. The van der Waals surface area contributed by atoms with E-state index in [-0.39, 0.29) is 6.61 Å². The van der Waals surface area contributed by atoms with Gasteiger partial charge in [0.05, 0.1) is 0 Å². The molecule has 0 aliphatic rings. The van der Waals surface area contributed by atoms with Crippen LogP contribution in [0, 0.1) is 35.5 Å². The highest BCUT2D eigenvalue weighted by atomic mass is 16.3. The highest BCUT2D eigenvalue weighted by molar-refractivity contribution is 5.35. The van der Waals surface area contributed by atoms with Gasteiger partial charge in [-0.25, -0.2) is 0 Å². The predicted octanol–water partition coefficient (Wildman–Crippen LogP) is 0.540. The van der Waals surface area contributed by atoms with E-state index in [0.29, 0.717) is 0 Å². The summed E-state index contributed by atoms with van der Waals surface area (Å²) >= 11 is 0. The molecule has 2 nitrogen and oxygen atoms in total. The van der Waals surface area contributed by atoms with E-state index < -0.39 is 6.10 Å². The van der Waals surface area contributed by atoms with Crippen molar-refractivity contribution >= 4 is 0 Å². The van der Waals surface area contributed by atoms with Gasteiger partial charge in [-0.05, 0) is 43.4 Å². The first kappa shape index (κ1) is 12.6. The van der Waals surface area contributed by atoms with Gasteiger partial charge in [-0.2, -0.15) is 0 Å². The van der Waals surface area contributed by atoms with E-state index in [4.69, 9.17) is 10.2 Å². The number of aliphatic hydroxyl groups excluding tert-OH is 2. The van der Waals surface area contributed by atoms with Gasteiger partial charge in [-0.3, -0.25) is 0 Å². The Morgan fingerprint density at radius 2 is 1.79 bits per heavy atom. The Morgan fingerprint density at radius 1 is 1.07 bits per heavy atom. The van der Waals surface area contributed by atoms with Gasteiger partial charge in [0.1, 0.15) is 6.10 Å². The van der Waals surface area contributed by atoms with Crippen LogP contribution in [0.15, 0.2) is 0 Å². The van der Waals surface area contributed by atoms with E-state index in [2.05, 4.69) is 35.5 Å². The zero-order valence-electron chi connectivity index (χ0n) is 8.30. The summed E-state index contributed by atoms with van der Waals surface area (Å²) < 4.78 is 0. The second kappa shape index (κ2) is 9.69. The van der Waals surface area contributed by atoms with Gasteiger partial charge in [0.25, 0.3) is 0 Å². The van der Waals surface area contributed by atoms with Crippen LogP contribution < -0.4 is 0 Å². The molecule has 0 aromatic carbocycles. The first-order valence-corrected chi connectivity index (χ1v) is 4.54. The Labute approximate surface area is 85.3 Å². The van der Waals surface area contributed by atoms with E-state index in [1.807, 2.05) is 0 Å².